The third-order valence-electron chi connectivity index (χ3n) is 6.28. The van der Waals surface area contributed by atoms with E-state index in [0.717, 1.165) is 11.4 Å². The normalized spacial score (nSPS) is 22.2. The molecule has 0 saturated heterocycles. The number of rotatable bonds is 7. The maximum absolute atomic E-state index is 9.79. The molecule has 0 bridgehead atoms. The molecular weight excluding hydrogens is 456 g/mol. The molecule has 4 aromatic rings. The van der Waals surface area contributed by atoms with Crippen molar-refractivity contribution in [3.63, 3.8) is 0 Å². The van der Waals surface area contributed by atoms with Crippen molar-refractivity contribution in [2.24, 2.45) is 0 Å². The third kappa shape index (κ3) is 4.06. The van der Waals surface area contributed by atoms with Gasteiger partial charge in [0.1, 0.15) is 5.82 Å². The topological polar surface area (TPSA) is 101 Å². The first-order valence-electron chi connectivity index (χ1n) is 10.6. The van der Waals surface area contributed by atoms with E-state index >= 15 is 0 Å². The number of aryl methyl sites for hydroxylation is 1. The van der Waals surface area contributed by atoms with Gasteiger partial charge in [-0.3, -0.25) is 0 Å². The van der Waals surface area contributed by atoms with Crippen LogP contribution < -0.4 is 4.74 Å². The molecule has 2 N–H and O–H groups in total. The monoisotopic (exact) mass is 480 g/mol. The van der Waals surface area contributed by atoms with Crippen LogP contribution in [0.5, 0.6) is 6.01 Å². The number of aromatic nitrogens is 4. The molecule has 2 atom stereocenters. The first kappa shape index (κ1) is 22.1. The van der Waals surface area contributed by atoms with Crippen LogP contribution in [0.15, 0.2) is 45.8 Å². The average Bonchev–Trinajstić information content (AvgIpc) is 3.53. The summed E-state index contributed by atoms with van der Waals surface area (Å²) in [5.74, 6) is 1.03. The molecule has 5 rings (SSSR count). The Bertz CT molecular complexity index is 1170. The minimum absolute atomic E-state index is 0.0502. The first-order chi connectivity index (χ1) is 16.1. The zero-order chi connectivity index (χ0) is 22.9. The summed E-state index contributed by atoms with van der Waals surface area (Å²) in [6, 6.07) is 8.38. The standard InChI is InChI=1S/C24H24N4O3S2/c1-13-25-16(9-29)7-18(26-13)22-20(14-3-5-32-11-14)23(21(22)15-4-6-33-12-15)19-8-17(10-30)27-24(28-19)31-2/h3-8,11-12,20-23,29-30H,9-10H2,1-2H3/t20-,21-,22-,23+/m1/s1. The van der Waals surface area contributed by atoms with Gasteiger partial charge in [0, 0.05) is 29.4 Å². The molecule has 1 fully saturated rings. The van der Waals surface area contributed by atoms with Gasteiger partial charge in [-0.2, -0.15) is 32.6 Å². The molecule has 7 nitrogen and oxygen atoms in total. The number of thiophene rings is 2. The second kappa shape index (κ2) is 9.26. The Morgan fingerprint density at radius 2 is 1.33 bits per heavy atom. The largest absolute Gasteiger partial charge is 0.467 e. The molecule has 33 heavy (non-hydrogen) atoms. The van der Waals surface area contributed by atoms with Gasteiger partial charge in [-0.25, -0.2) is 9.97 Å². The Morgan fingerprint density at radius 3 is 1.82 bits per heavy atom. The minimum atomic E-state index is -0.181. The summed E-state index contributed by atoms with van der Waals surface area (Å²) in [5.41, 5.74) is 5.40. The smallest absolute Gasteiger partial charge is 0.316 e. The number of aliphatic hydroxyl groups excluding tert-OH is 2. The lowest BCUT2D eigenvalue weighted by Gasteiger charge is -2.52. The molecule has 1 saturated carbocycles. The fourth-order valence-electron chi connectivity index (χ4n) is 4.99. The Balaban J connectivity index is 1.69. The molecule has 0 unspecified atom stereocenters. The maximum Gasteiger partial charge on any atom is 0.316 e. The molecule has 0 amide bonds. The third-order valence-corrected chi connectivity index (χ3v) is 7.69. The van der Waals surface area contributed by atoms with Gasteiger partial charge in [-0.05, 0) is 63.8 Å². The van der Waals surface area contributed by atoms with E-state index in [1.54, 1.807) is 22.7 Å². The van der Waals surface area contributed by atoms with E-state index in [1.165, 1.54) is 18.2 Å². The van der Waals surface area contributed by atoms with Gasteiger partial charge >= 0.3 is 6.01 Å². The van der Waals surface area contributed by atoms with Crippen molar-refractivity contribution >= 4 is 22.7 Å². The van der Waals surface area contributed by atoms with E-state index in [1.807, 2.05) is 19.1 Å². The first-order valence-corrected chi connectivity index (χ1v) is 12.5. The number of hydrogen-bond acceptors (Lipinski definition) is 9. The van der Waals surface area contributed by atoms with Gasteiger partial charge in [0.15, 0.2) is 0 Å². The Kier molecular flexibility index (Phi) is 6.20. The molecule has 4 aromatic heterocycles. The van der Waals surface area contributed by atoms with Crippen LogP contribution in [0, 0.1) is 6.92 Å². The molecule has 4 heterocycles. The SMILES string of the molecule is COc1nc(CO)cc([C@H]2[C@H](c3ccsc3)[C@@H](c3cc(CO)nc(C)n3)[C@H]2c2ccsc2)n1. The highest BCUT2D eigenvalue weighted by atomic mass is 32.1. The summed E-state index contributed by atoms with van der Waals surface area (Å²) in [6.07, 6.45) is 0. The maximum atomic E-state index is 9.79. The van der Waals surface area contributed by atoms with Gasteiger partial charge in [-0.15, -0.1) is 0 Å². The second-order valence-corrected chi connectivity index (χ2v) is 9.70. The highest BCUT2D eigenvalue weighted by molar-refractivity contribution is 7.08. The number of methoxy groups -OCH3 is 1. The molecule has 170 valence electrons. The molecule has 0 aliphatic heterocycles. The zero-order valence-electron chi connectivity index (χ0n) is 18.3. The fraction of sp³-hybridized carbons (Fsp3) is 0.333. The van der Waals surface area contributed by atoms with Crippen LogP contribution in [0.3, 0.4) is 0 Å². The zero-order valence-corrected chi connectivity index (χ0v) is 19.9. The van der Waals surface area contributed by atoms with Crippen LogP contribution in [0.4, 0.5) is 0 Å². The van der Waals surface area contributed by atoms with E-state index in [4.69, 9.17) is 14.7 Å². The molecule has 9 heteroatoms. The van der Waals surface area contributed by atoms with Gasteiger partial charge < -0.3 is 14.9 Å². The lowest BCUT2D eigenvalue weighted by molar-refractivity contribution is 0.216. The van der Waals surface area contributed by atoms with Crippen molar-refractivity contribution in [3.05, 3.63) is 85.5 Å². The Morgan fingerprint density at radius 1 is 0.788 bits per heavy atom. The highest BCUT2D eigenvalue weighted by Gasteiger charge is 2.54. The van der Waals surface area contributed by atoms with Crippen molar-refractivity contribution < 1.29 is 14.9 Å². The summed E-state index contributed by atoms with van der Waals surface area (Å²) in [4.78, 5) is 18.2. The summed E-state index contributed by atoms with van der Waals surface area (Å²) < 4.78 is 5.35. The predicted molar refractivity (Wildman–Crippen MR) is 127 cm³/mol. The average molecular weight is 481 g/mol. The van der Waals surface area contributed by atoms with E-state index in [0.29, 0.717) is 17.2 Å². The van der Waals surface area contributed by atoms with Gasteiger partial charge in [0.25, 0.3) is 0 Å². The van der Waals surface area contributed by atoms with E-state index in [2.05, 4.69) is 43.6 Å². The summed E-state index contributed by atoms with van der Waals surface area (Å²) >= 11 is 3.34. The van der Waals surface area contributed by atoms with E-state index in [9.17, 15) is 10.2 Å². The van der Waals surface area contributed by atoms with Gasteiger partial charge in [0.05, 0.1) is 37.4 Å². The van der Waals surface area contributed by atoms with Gasteiger partial charge in [0.2, 0.25) is 0 Å². The summed E-state index contributed by atoms with van der Waals surface area (Å²) in [7, 11) is 1.54. The minimum Gasteiger partial charge on any atom is -0.467 e. The number of ether oxygens (including phenoxy) is 1. The quantitative estimate of drug-likeness (QED) is 0.410. The van der Waals surface area contributed by atoms with Crippen LogP contribution in [-0.4, -0.2) is 37.3 Å². The fourth-order valence-corrected chi connectivity index (χ4v) is 6.40. The predicted octanol–water partition coefficient (Wildman–Crippen LogP) is 4.14. The number of hydrogen-bond donors (Lipinski definition) is 2. The van der Waals surface area contributed by atoms with Crippen LogP contribution in [0.1, 0.15) is 63.4 Å². The Labute approximate surface area is 199 Å². The molecule has 0 radical (unpaired) electrons. The van der Waals surface area contributed by atoms with Crippen LogP contribution in [0.2, 0.25) is 0 Å². The van der Waals surface area contributed by atoms with Crippen molar-refractivity contribution in [3.8, 4) is 6.01 Å². The van der Waals surface area contributed by atoms with Crippen molar-refractivity contribution in [1.82, 2.24) is 19.9 Å². The lowest BCUT2D eigenvalue weighted by Crippen LogP contribution is -2.41. The van der Waals surface area contributed by atoms with Crippen LogP contribution in [0.25, 0.3) is 0 Å². The van der Waals surface area contributed by atoms with Crippen LogP contribution >= 0.6 is 22.7 Å². The van der Waals surface area contributed by atoms with Crippen molar-refractivity contribution in [1.29, 1.82) is 0 Å². The molecule has 1 aliphatic carbocycles. The van der Waals surface area contributed by atoms with E-state index < -0.39 is 0 Å². The molecular formula is C24H24N4O3S2. The highest BCUT2D eigenvalue weighted by Crippen LogP contribution is 2.66. The lowest BCUT2D eigenvalue weighted by atomic mass is 9.51. The Hall–Kier alpha value is -2.72. The summed E-state index contributed by atoms with van der Waals surface area (Å²) in [6.45, 7) is 1.56. The number of nitrogens with zero attached hydrogens (tertiary/aromatic N) is 4. The molecule has 0 aromatic carbocycles. The number of aliphatic hydroxyl groups is 2. The summed E-state index contributed by atoms with van der Waals surface area (Å²) in [5, 5.41) is 28.1. The van der Waals surface area contributed by atoms with E-state index in [-0.39, 0.29) is 42.9 Å². The second-order valence-electron chi connectivity index (χ2n) is 8.13. The van der Waals surface area contributed by atoms with Crippen LogP contribution in [-0.2, 0) is 13.2 Å². The van der Waals surface area contributed by atoms with Gasteiger partial charge in [-0.1, -0.05) is 0 Å². The van der Waals surface area contributed by atoms with Crippen molar-refractivity contribution in [2.45, 2.75) is 43.8 Å². The molecule has 0 spiro atoms. The molecule has 1 aliphatic rings. The van der Waals surface area contributed by atoms with Crippen molar-refractivity contribution in [2.75, 3.05) is 7.11 Å².